The zero-order valence-electron chi connectivity index (χ0n) is 24.3. The predicted octanol–water partition coefficient (Wildman–Crippen LogP) is 2.81. The Bertz CT molecular complexity index is 1320. The topological polar surface area (TPSA) is 141 Å². The highest BCUT2D eigenvalue weighted by Gasteiger charge is 2.16. The minimum absolute atomic E-state index is 0.192. The lowest BCUT2D eigenvalue weighted by Crippen LogP contribution is -2.41. The second-order valence-electron chi connectivity index (χ2n) is 10.3. The average molecular weight is 570 g/mol. The highest BCUT2D eigenvalue weighted by Crippen LogP contribution is 2.19. The van der Waals surface area contributed by atoms with Gasteiger partial charge in [0.05, 0.1) is 19.8 Å². The number of hydrogen-bond donors (Lipinski definition) is 2. The van der Waals surface area contributed by atoms with Crippen molar-refractivity contribution in [3.8, 4) is 11.8 Å². The number of aromatic nitrogens is 4. The second-order valence-corrected chi connectivity index (χ2v) is 10.3. The number of unbranched alkanes of at least 4 members (excludes halogenated alkanes) is 2. The Morgan fingerprint density at radius 3 is 2.73 bits per heavy atom. The molecule has 0 bridgehead atoms. The van der Waals surface area contributed by atoms with E-state index in [-0.39, 0.29) is 23.5 Å². The molecule has 224 valence electrons. The monoisotopic (exact) mass is 569 g/mol. The van der Waals surface area contributed by atoms with Crippen molar-refractivity contribution in [2.24, 2.45) is 0 Å². The van der Waals surface area contributed by atoms with Crippen LogP contribution in [0.25, 0.3) is 11.2 Å². The van der Waals surface area contributed by atoms with Gasteiger partial charge < -0.3 is 24.9 Å². The van der Waals surface area contributed by atoms with Crippen molar-refractivity contribution in [1.82, 2.24) is 29.3 Å². The summed E-state index contributed by atoms with van der Waals surface area (Å²) in [6.07, 6.45) is 3.88. The number of imidazole rings is 1. The molecule has 0 spiro atoms. The fourth-order valence-corrected chi connectivity index (χ4v) is 4.76. The molecule has 0 atom stereocenters. The quantitative estimate of drug-likeness (QED) is 0.150. The van der Waals surface area contributed by atoms with Gasteiger partial charge in [0.25, 0.3) is 0 Å². The largest absolute Gasteiger partial charge is 0.463 e. The van der Waals surface area contributed by atoms with Crippen LogP contribution in [0.4, 0.5) is 5.82 Å². The molecule has 1 fully saturated rings. The van der Waals surface area contributed by atoms with Crippen molar-refractivity contribution >= 4 is 23.0 Å². The third kappa shape index (κ3) is 9.00. The fourth-order valence-electron chi connectivity index (χ4n) is 4.76. The number of nitrogens with two attached hydrogens (primary N) is 1. The molecule has 1 aliphatic heterocycles. The highest BCUT2D eigenvalue weighted by atomic mass is 16.5. The Morgan fingerprint density at radius 2 is 1.95 bits per heavy atom. The number of carbonyl (C=O) groups excluding carboxylic acids is 1. The first-order valence-corrected chi connectivity index (χ1v) is 14.7. The second kappa shape index (κ2) is 15.5. The number of benzene rings is 1. The summed E-state index contributed by atoms with van der Waals surface area (Å²) >= 11 is 0. The smallest absolute Gasteiger partial charge is 0.327 e. The lowest BCUT2D eigenvalue weighted by molar-refractivity contribution is -0.134. The van der Waals surface area contributed by atoms with E-state index in [1.165, 1.54) is 0 Å². The van der Waals surface area contributed by atoms with E-state index >= 15 is 0 Å². The number of esters is 1. The molecule has 2 aromatic heterocycles. The molecule has 4 rings (SSSR count). The number of nitrogens with one attached hydrogen (secondary N) is 1. The van der Waals surface area contributed by atoms with Crippen molar-refractivity contribution in [3.63, 3.8) is 0 Å². The lowest BCUT2D eigenvalue weighted by atomic mass is 10.2. The molecule has 41 heavy (non-hydrogen) atoms. The SMILES string of the molecule is CCCCOc1nc(N)c2[nH]c(=O)n(CCCCN(CCN3CCOCC3)Cc3cccc(OC(=O)CC)c3)c2n1. The van der Waals surface area contributed by atoms with E-state index in [1.54, 1.807) is 11.5 Å². The number of H-pyrrole nitrogens is 1. The number of nitrogens with zero attached hydrogens (tertiary/aromatic N) is 5. The maximum Gasteiger partial charge on any atom is 0.327 e. The molecule has 1 aromatic carbocycles. The molecule has 0 unspecified atom stereocenters. The van der Waals surface area contributed by atoms with Crippen LogP contribution in [0.3, 0.4) is 0 Å². The summed E-state index contributed by atoms with van der Waals surface area (Å²) in [4.78, 5) is 40.8. The lowest BCUT2D eigenvalue weighted by Gasteiger charge is -2.30. The summed E-state index contributed by atoms with van der Waals surface area (Å²) in [5.41, 5.74) is 7.83. The predicted molar refractivity (Wildman–Crippen MR) is 157 cm³/mol. The first-order chi connectivity index (χ1) is 20.0. The van der Waals surface area contributed by atoms with Gasteiger partial charge in [-0.25, -0.2) is 4.79 Å². The van der Waals surface area contributed by atoms with Crippen molar-refractivity contribution < 1.29 is 19.0 Å². The van der Waals surface area contributed by atoms with Gasteiger partial charge in [-0.05, 0) is 43.5 Å². The van der Waals surface area contributed by atoms with E-state index in [9.17, 15) is 9.59 Å². The van der Waals surface area contributed by atoms with Crippen LogP contribution in [0.5, 0.6) is 11.8 Å². The Kier molecular flexibility index (Phi) is 11.5. The molecular formula is C29H43N7O5. The molecule has 0 radical (unpaired) electrons. The number of aromatic amines is 1. The van der Waals surface area contributed by atoms with Gasteiger partial charge >= 0.3 is 17.7 Å². The third-order valence-electron chi connectivity index (χ3n) is 7.13. The zero-order chi connectivity index (χ0) is 29.0. The third-order valence-corrected chi connectivity index (χ3v) is 7.13. The van der Waals surface area contributed by atoms with Crippen LogP contribution in [0.15, 0.2) is 29.1 Å². The Labute approximate surface area is 240 Å². The average Bonchev–Trinajstić information content (AvgIpc) is 3.30. The van der Waals surface area contributed by atoms with Gasteiger partial charge in [0.15, 0.2) is 11.5 Å². The first kappa shape index (κ1) is 30.5. The maximum atomic E-state index is 12.7. The summed E-state index contributed by atoms with van der Waals surface area (Å²) < 4.78 is 18.2. The number of fused-ring (bicyclic) bond motifs is 1. The Hall–Kier alpha value is -3.48. The van der Waals surface area contributed by atoms with Crippen LogP contribution in [-0.2, 0) is 22.6 Å². The summed E-state index contributed by atoms with van der Waals surface area (Å²) in [6, 6.07) is 7.92. The van der Waals surface area contributed by atoms with Gasteiger partial charge in [-0.2, -0.15) is 9.97 Å². The number of aryl methyl sites for hydroxylation is 1. The zero-order valence-corrected chi connectivity index (χ0v) is 24.3. The van der Waals surface area contributed by atoms with E-state index in [0.29, 0.717) is 36.5 Å². The number of morpholine rings is 1. The van der Waals surface area contributed by atoms with Gasteiger partial charge in [0.2, 0.25) is 0 Å². The molecule has 0 saturated carbocycles. The van der Waals surface area contributed by atoms with E-state index < -0.39 is 0 Å². The number of ether oxygens (including phenoxy) is 3. The molecule has 12 heteroatoms. The van der Waals surface area contributed by atoms with Crippen molar-refractivity contribution in [2.45, 2.75) is 59.0 Å². The normalized spacial score (nSPS) is 14.1. The molecule has 12 nitrogen and oxygen atoms in total. The molecule has 1 aliphatic rings. The van der Waals surface area contributed by atoms with E-state index in [2.05, 4.69) is 37.7 Å². The van der Waals surface area contributed by atoms with Crippen LogP contribution >= 0.6 is 0 Å². The molecule has 0 aliphatic carbocycles. The summed E-state index contributed by atoms with van der Waals surface area (Å²) in [6.45, 7) is 11.7. The molecule has 0 amide bonds. The van der Waals surface area contributed by atoms with Crippen LogP contribution < -0.4 is 20.9 Å². The Morgan fingerprint density at radius 1 is 1.12 bits per heavy atom. The number of rotatable bonds is 16. The van der Waals surface area contributed by atoms with Crippen LogP contribution in [-0.4, -0.2) is 87.8 Å². The first-order valence-electron chi connectivity index (χ1n) is 14.7. The van der Waals surface area contributed by atoms with E-state index in [0.717, 1.165) is 83.7 Å². The van der Waals surface area contributed by atoms with Gasteiger partial charge in [-0.15, -0.1) is 0 Å². The number of carbonyl (C=O) groups is 1. The van der Waals surface area contributed by atoms with E-state index in [1.807, 2.05) is 18.2 Å². The molecule has 1 saturated heterocycles. The molecule has 3 N–H and O–H groups in total. The van der Waals surface area contributed by atoms with Gasteiger partial charge in [-0.1, -0.05) is 32.4 Å². The van der Waals surface area contributed by atoms with Gasteiger partial charge in [-0.3, -0.25) is 19.2 Å². The highest BCUT2D eigenvalue weighted by molar-refractivity contribution is 5.81. The summed E-state index contributed by atoms with van der Waals surface area (Å²) in [5.74, 6) is 0.532. The minimum Gasteiger partial charge on any atom is -0.463 e. The number of anilines is 1. The van der Waals surface area contributed by atoms with Crippen molar-refractivity contribution in [2.75, 3.05) is 58.3 Å². The van der Waals surface area contributed by atoms with Crippen LogP contribution in [0.1, 0.15) is 51.5 Å². The standard InChI is InChI=1S/C29H43N7O5/c1-3-5-17-40-28-32-26(30)25-27(33-28)36(29(38)31-25)12-7-6-11-35(14-13-34-15-18-39-19-16-34)21-22-9-8-10-23(20-22)41-24(37)4-2/h8-10,20H,3-7,11-19,21H2,1-2H3,(H,31,38)(H2,30,32,33). The summed E-state index contributed by atoms with van der Waals surface area (Å²) in [7, 11) is 0. The number of nitrogen functional groups attached to an aromatic ring is 1. The molecule has 3 aromatic rings. The Balaban J connectivity index is 1.39. The van der Waals surface area contributed by atoms with Crippen molar-refractivity contribution in [1.29, 1.82) is 0 Å². The van der Waals surface area contributed by atoms with Crippen LogP contribution in [0.2, 0.25) is 0 Å². The van der Waals surface area contributed by atoms with Gasteiger partial charge in [0, 0.05) is 45.7 Å². The minimum atomic E-state index is -0.255. The van der Waals surface area contributed by atoms with Crippen molar-refractivity contribution in [3.05, 3.63) is 40.3 Å². The molecule has 3 heterocycles. The van der Waals surface area contributed by atoms with E-state index in [4.69, 9.17) is 19.9 Å². The maximum absolute atomic E-state index is 12.7. The van der Waals surface area contributed by atoms with Crippen LogP contribution in [0, 0.1) is 0 Å². The molecular weight excluding hydrogens is 526 g/mol. The van der Waals surface area contributed by atoms with Gasteiger partial charge in [0.1, 0.15) is 11.3 Å². The number of hydrogen-bond acceptors (Lipinski definition) is 10. The summed E-state index contributed by atoms with van der Waals surface area (Å²) in [5, 5.41) is 0. The fraction of sp³-hybridized carbons (Fsp3) is 0.586.